The summed E-state index contributed by atoms with van der Waals surface area (Å²) in [5.41, 5.74) is 1.06. The van der Waals surface area contributed by atoms with Gasteiger partial charge in [0.1, 0.15) is 10.5 Å². The molecule has 0 saturated carbocycles. The van der Waals surface area contributed by atoms with E-state index in [-0.39, 0.29) is 45.5 Å². The zero-order valence-electron chi connectivity index (χ0n) is 23.5. The maximum atomic E-state index is 15.0. The second-order valence-corrected chi connectivity index (χ2v) is 11.5. The molecule has 0 fully saturated rings. The fourth-order valence-corrected chi connectivity index (χ4v) is 7.14. The summed E-state index contributed by atoms with van der Waals surface area (Å²) in [6, 6.07) is 21.6. The van der Waals surface area contributed by atoms with Gasteiger partial charge in [0.05, 0.1) is 35.5 Å². The van der Waals surface area contributed by atoms with Gasteiger partial charge in [0, 0.05) is 5.56 Å². The average molecular weight is 592 g/mol. The normalized spacial score (nSPS) is 17.2. The molecule has 2 aliphatic heterocycles. The van der Waals surface area contributed by atoms with Crippen molar-refractivity contribution in [3.8, 4) is 0 Å². The van der Waals surface area contributed by atoms with Crippen LogP contribution in [0.4, 0.5) is 10.8 Å². The van der Waals surface area contributed by atoms with Crippen molar-refractivity contribution >= 4 is 50.9 Å². The lowest BCUT2D eigenvalue weighted by Crippen LogP contribution is -2.53. The fourth-order valence-electron chi connectivity index (χ4n) is 6.12. The number of carbonyl (C=O) groups is 3. The van der Waals surface area contributed by atoms with Crippen molar-refractivity contribution in [2.24, 2.45) is 0 Å². The van der Waals surface area contributed by atoms with Crippen LogP contribution in [0.5, 0.6) is 0 Å². The lowest BCUT2D eigenvalue weighted by atomic mass is 9.84. The number of fused-ring (bicyclic) bond motifs is 5. The van der Waals surface area contributed by atoms with Crippen LogP contribution in [0, 0.1) is 13.8 Å². The number of hydrogen-bond donors (Lipinski definition) is 0. The number of benzene rings is 3. The van der Waals surface area contributed by atoms with Gasteiger partial charge in [-0.2, -0.15) is 0 Å². The van der Waals surface area contributed by atoms with Crippen molar-refractivity contribution in [3.63, 3.8) is 0 Å². The lowest BCUT2D eigenvalue weighted by molar-refractivity contribution is -0.121. The highest BCUT2D eigenvalue weighted by atomic mass is 32.1. The van der Waals surface area contributed by atoms with Crippen molar-refractivity contribution in [1.29, 1.82) is 0 Å². The van der Waals surface area contributed by atoms with E-state index in [0.29, 0.717) is 16.9 Å². The summed E-state index contributed by atoms with van der Waals surface area (Å²) >= 11 is 0.939. The smallest absolute Gasteiger partial charge is 0.350 e. The number of thiazole rings is 1. The third kappa shape index (κ3) is 3.72. The van der Waals surface area contributed by atoms with Gasteiger partial charge in [-0.25, -0.2) is 9.78 Å². The first-order valence-electron chi connectivity index (χ1n) is 13.8. The third-order valence-corrected chi connectivity index (χ3v) is 9.01. The van der Waals surface area contributed by atoms with Gasteiger partial charge < -0.3 is 14.1 Å². The molecule has 214 valence electrons. The first-order valence-corrected chi connectivity index (χ1v) is 14.6. The van der Waals surface area contributed by atoms with Gasteiger partial charge in [0.25, 0.3) is 11.8 Å². The van der Waals surface area contributed by atoms with Gasteiger partial charge in [-0.1, -0.05) is 71.5 Å². The van der Waals surface area contributed by atoms with E-state index < -0.39 is 28.8 Å². The number of amides is 2. The summed E-state index contributed by atoms with van der Waals surface area (Å²) < 4.78 is 11.3. The standard InChI is InChI=1S/C33H25N3O6S/c1-4-41-30(39)28-19(3)34-32(43-28)36-29(38)27-25(26(37)21-12-5-8-15-24(21)42-27)33(36)22-13-6-7-14-23(22)35(31(33)40)17-20-11-9-10-18(2)16-20/h5-16H,4,17H2,1-3H3. The molecular formula is C33H25N3O6S. The molecule has 2 aromatic heterocycles. The summed E-state index contributed by atoms with van der Waals surface area (Å²) in [5.74, 6) is -1.99. The number of hydrogen-bond acceptors (Lipinski definition) is 8. The van der Waals surface area contributed by atoms with E-state index in [2.05, 4.69) is 4.98 Å². The van der Waals surface area contributed by atoms with Crippen LogP contribution in [-0.2, 0) is 21.6 Å². The molecule has 1 spiro atoms. The molecule has 3 aromatic carbocycles. The predicted octanol–water partition coefficient (Wildman–Crippen LogP) is 5.49. The minimum atomic E-state index is -1.91. The summed E-state index contributed by atoms with van der Waals surface area (Å²) in [6.07, 6.45) is 0. The van der Waals surface area contributed by atoms with Crippen LogP contribution in [0.2, 0.25) is 0 Å². The first-order chi connectivity index (χ1) is 20.8. The Morgan fingerprint density at radius 3 is 2.56 bits per heavy atom. The van der Waals surface area contributed by atoms with Crippen LogP contribution in [0.1, 0.15) is 55.1 Å². The predicted molar refractivity (Wildman–Crippen MR) is 162 cm³/mol. The maximum Gasteiger partial charge on any atom is 0.350 e. The monoisotopic (exact) mass is 591 g/mol. The summed E-state index contributed by atoms with van der Waals surface area (Å²) in [5, 5.41) is 0.334. The highest BCUT2D eigenvalue weighted by Crippen LogP contribution is 2.55. The Kier molecular flexibility index (Phi) is 6.07. The number of aromatic nitrogens is 1. The highest BCUT2D eigenvalue weighted by molar-refractivity contribution is 7.17. The molecule has 7 rings (SSSR count). The molecule has 0 radical (unpaired) electrons. The number of para-hydroxylation sites is 2. The van der Waals surface area contributed by atoms with Crippen LogP contribution >= 0.6 is 11.3 Å². The second kappa shape index (κ2) is 9.74. The molecule has 2 amide bonds. The quantitative estimate of drug-likeness (QED) is 0.249. The largest absolute Gasteiger partial charge is 0.462 e. The number of nitrogens with zero attached hydrogens (tertiary/aromatic N) is 3. The van der Waals surface area contributed by atoms with E-state index >= 15 is 4.79 Å². The first kappa shape index (κ1) is 26.8. The molecule has 0 bridgehead atoms. The Bertz CT molecular complexity index is 2060. The lowest BCUT2D eigenvalue weighted by Gasteiger charge is -2.32. The minimum Gasteiger partial charge on any atom is -0.462 e. The number of ether oxygens (including phenoxy) is 1. The molecule has 0 aliphatic carbocycles. The van der Waals surface area contributed by atoms with Crippen LogP contribution in [0.25, 0.3) is 11.0 Å². The Labute approximate surface area is 250 Å². The molecule has 1 unspecified atom stereocenters. The number of anilines is 2. The molecule has 0 N–H and O–H groups in total. The molecule has 9 nitrogen and oxygen atoms in total. The zero-order valence-corrected chi connectivity index (χ0v) is 24.4. The van der Waals surface area contributed by atoms with Crippen molar-refractivity contribution in [2.45, 2.75) is 32.9 Å². The summed E-state index contributed by atoms with van der Waals surface area (Å²) in [4.78, 5) is 64.2. The second-order valence-electron chi connectivity index (χ2n) is 10.5. The molecule has 4 heterocycles. The van der Waals surface area contributed by atoms with Crippen molar-refractivity contribution < 1.29 is 23.5 Å². The van der Waals surface area contributed by atoms with E-state index in [1.165, 1.54) is 4.90 Å². The average Bonchev–Trinajstić information content (AvgIpc) is 3.58. The molecular weight excluding hydrogens is 566 g/mol. The summed E-state index contributed by atoms with van der Waals surface area (Å²) in [7, 11) is 0. The van der Waals surface area contributed by atoms with Crippen LogP contribution < -0.4 is 15.2 Å². The minimum absolute atomic E-state index is 0.0640. The van der Waals surface area contributed by atoms with Crippen molar-refractivity contribution in [3.05, 3.63) is 122 Å². The molecule has 0 saturated heterocycles. The van der Waals surface area contributed by atoms with E-state index in [9.17, 15) is 14.4 Å². The van der Waals surface area contributed by atoms with Crippen molar-refractivity contribution in [1.82, 2.24) is 4.98 Å². The summed E-state index contributed by atoms with van der Waals surface area (Å²) in [6.45, 7) is 5.68. The van der Waals surface area contributed by atoms with E-state index in [4.69, 9.17) is 9.15 Å². The van der Waals surface area contributed by atoms with E-state index in [1.54, 1.807) is 61.2 Å². The van der Waals surface area contributed by atoms with E-state index in [1.807, 2.05) is 37.3 Å². The molecule has 2 aliphatic rings. The van der Waals surface area contributed by atoms with E-state index in [0.717, 1.165) is 22.5 Å². The number of esters is 1. The van der Waals surface area contributed by atoms with Gasteiger partial charge in [-0.05, 0) is 44.5 Å². The number of carbonyl (C=O) groups excluding carboxylic acids is 3. The highest BCUT2D eigenvalue weighted by Gasteiger charge is 2.66. The van der Waals surface area contributed by atoms with Crippen molar-refractivity contribution in [2.75, 3.05) is 16.4 Å². The Balaban J connectivity index is 1.53. The maximum absolute atomic E-state index is 15.0. The van der Waals surface area contributed by atoms with Crippen LogP contribution in [0.15, 0.2) is 82.0 Å². The van der Waals surface area contributed by atoms with Gasteiger partial charge in [0.2, 0.25) is 5.76 Å². The third-order valence-electron chi connectivity index (χ3n) is 7.89. The Hall–Kier alpha value is -5.09. The van der Waals surface area contributed by atoms with Crippen LogP contribution in [-0.4, -0.2) is 29.4 Å². The van der Waals surface area contributed by atoms with Gasteiger partial charge >= 0.3 is 5.97 Å². The van der Waals surface area contributed by atoms with Gasteiger partial charge in [0.15, 0.2) is 16.1 Å². The fraction of sp³-hybridized carbons (Fsp3) is 0.182. The van der Waals surface area contributed by atoms with Gasteiger partial charge in [-0.15, -0.1) is 0 Å². The molecule has 43 heavy (non-hydrogen) atoms. The van der Waals surface area contributed by atoms with Crippen LogP contribution in [0.3, 0.4) is 0 Å². The zero-order chi connectivity index (χ0) is 30.0. The molecule has 1 atom stereocenters. The topological polar surface area (TPSA) is 110 Å². The van der Waals surface area contributed by atoms with Gasteiger partial charge in [-0.3, -0.25) is 19.3 Å². The Morgan fingerprint density at radius 2 is 1.77 bits per heavy atom. The SMILES string of the molecule is CCOC(=O)c1sc(N2C(=O)c3oc4ccccc4c(=O)c3C23C(=O)N(Cc2cccc(C)c2)c2ccccc23)nc1C. The number of rotatable bonds is 5. The number of aryl methyl sites for hydroxylation is 2. The molecule has 10 heteroatoms. The molecule has 5 aromatic rings. The Morgan fingerprint density at radius 1 is 1.00 bits per heavy atom.